The fraction of sp³-hybridized carbons (Fsp3) is 0.400. The quantitative estimate of drug-likeness (QED) is 0.844. The molecule has 114 valence electrons. The summed E-state index contributed by atoms with van der Waals surface area (Å²) in [6.45, 7) is 1.13. The van der Waals surface area contributed by atoms with Crippen LogP contribution in [0.4, 0.5) is 4.39 Å². The SMILES string of the molecule is COc1ccc(/C=C/C(=O)N2CCOC(CO)C2)cc1F. The molecule has 1 aliphatic heterocycles. The van der Waals surface area contributed by atoms with Gasteiger partial charge in [-0.2, -0.15) is 0 Å². The summed E-state index contributed by atoms with van der Waals surface area (Å²) < 4.78 is 23.6. The minimum absolute atomic E-state index is 0.114. The van der Waals surface area contributed by atoms with E-state index >= 15 is 0 Å². The molecule has 6 heteroatoms. The van der Waals surface area contributed by atoms with Crippen molar-refractivity contribution in [3.63, 3.8) is 0 Å². The Hall–Kier alpha value is -1.92. The molecule has 1 saturated heterocycles. The Morgan fingerprint density at radius 2 is 2.43 bits per heavy atom. The van der Waals surface area contributed by atoms with Crippen molar-refractivity contribution in [3.8, 4) is 5.75 Å². The van der Waals surface area contributed by atoms with E-state index in [4.69, 9.17) is 14.6 Å². The Balaban J connectivity index is 2.00. The van der Waals surface area contributed by atoms with Crippen LogP contribution in [0.3, 0.4) is 0 Å². The molecular formula is C15H18FNO4. The largest absolute Gasteiger partial charge is 0.494 e. The minimum Gasteiger partial charge on any atom is -0.494 e. The third-order valence-corrected chi connectivity index (χ3v) is 3.25. The van der Waals surface area contributed by atoms with Crippen LogP contribution in [-0.4, -0.2) is 55.4 Å². The first-order chi connectivity index (χ1) is 10.1. The third-order valence-electron chi connectivity index (χ3n) is 3.25. The number of ether oxygens (including phenoxy) is 2. The van der Waals surface area contributed by atoms with E-state index in [2.05, 4.69) is 0 Å². The van der Waals surface area contributed by atoms with E-state index in [1.165, 1.54) is 25.3 Å². The van der Waals surface area contributed by atoms with Gasteiger partial charge in [0.05, 0.1) is 26.4 Å². The summed E-state index contributed by atoms with van der Waals surface area (Å²) in [6.07, 6.45) is 2.60. The van der Waals surface area contributed by atoms with Gasteiger partial charge in [-0.25, -0.2) is 4.39 Å². The highest BCUT2D eigenvalue weighted by molar-refractivity contribution is 5.91. The standard InChI is InChI=1S/C15H18FNO4/c1-20-14-4-2-11(8-13(14)16)3-5-15(19)17-6-7-21-12(9-17)10-18/h2-5,8,12,18H,6-7,9-10H2,1H3/b5-3+. The van der Waals surface area contributed by atoms with Gasteiger partial charge in [0, 0.05) is 19.2 Å². The Morgan fingerprint density at radius 3 is 3.10 bits per heavy atom. The summed E-state index contributed by atoms with van der Waals surface area (Å²) >= 11 is 0. The maximum atomic E-state index is 13.5. The normalized spacial score (nSPS) is 19.0. The molecule has 1 aromatic carbocycles. The minimum atomic E-state index is -0.473. The molecule has 1 heterocycles. The first-order valence-electron chi connectivity index (χ1n) is 6.67. The summed E-state index contributed by atoms with van der Waals surface area (Å²) in [7, 11) is 1.40. The van der Waals surface area contributed by atoms with E-state index in [-0.39, 0.29) is 24.4 Å². The maximum Gasteiger partial charge on any atom is 0.246 e. The second kappa shape index (κ2) is 7.19. The number of amides is 1. The number of carbonyl (C=O) groups excluding carboxylic acids is 1. The Bertz CT molecular complexity index is 532. The van der Waals surface area contributed by atoms with E-state index < -0.39 is 5.82 Å². The van der Waals surface area contributed by atoms with Crippen LogP contribution in [-0.2, 0) is 9.53 Å². The lowest BCUT2D eigenvalue weighted by molar-refractivity contribution is -0.134. The van der Waals surface area contributed by atoms with Crippen molar-refractivity contribution in [2.24, 2.45) is 0 Å². The van der Waals surface area contributed by atoms with Crippen LogP contribution in [0, 0.1) is 5.82 Å². The number of rotatable bonds is 4. The molecule has 1 atom stereocenters. The average molecular weight is 295 g/mol. The summed E-state index contributed by atoms with van der Waals surface area (Å²) in [6, 6.07) is 4.48. The van der Waals surface area contributed by atoms with Crippen molar-refractivity contribution >= 4 is 12.0 Å². The lowest BCUT2D eigenvalue weighted by Gasteiger charge is -2.31. The van der Waals surface area contributed by atoms with Crippen molar-refractivity contribution in [2.75, 3.05) is 33.4 Å². The third kappa shape index (κ3) is 4.03. The van der Waals surface area contributed by atoms with Crippen LogP contribution in [0.25, 0.3) is 6.08 Å². The summed E-state index contributed by atoms with van der Waals surface area (Å²) in [4.78, 5) is 13.6. The fourth-order valence-electron chi connectivity index (χ4n) is 2.09. The van der Waals surface area contributed by atoms with Gasteiger partial charge >= 0.3 is 0 Å². The van der Waals surface area contributed by atoms with Crippen molar-refractivity contribution in [3.05, 3.63) is 35.7 Å². The predicted octanol–water partition coefficient (Wildman–Crippen LogP) is 1.07. The monoisotopic (exact) mass is 295 g/mol. The van der Waals surface area contributed by atoms with E-state index in [0.717, 1.165) is 0 Å². The summed E-state index contributed by atoms with van der Waals surface area (Å²) in [5.41, 5.74) is 0.577. The predicted molar refractivity (Wildman–Crippen MR) is 75.4 cm³/mol. The maximum absolute atomic E-state index is 13.5. The molecule has 2 rings (SSSR count). The number of halogens is 1. The molecule has 0 saturated carbocycles. The van der Waals surface area contributed by atoms with E-state index in [1.54, 1.807) is 17.0 Å². The topological polar surface area (TPSA) is 59.0 Å². The Labute approximate surface area is 122 Å². The summed E-state index contributed by atoms with van der Waals surface area (Å²) in [5.74, 6) is -0.496. The molecule has 0 bridgehead atoms. The highest BCUT2D eigenvalue weighted by Gasteiger charge is 2.22. The van der Waals surface area contributed by atoms with Crippen molar-refractivity contribution in [2.45, 2.75) is 6.10 Å². The highest BCUT2D eigenvalue weighted by atomic mass is 19.1. The molecule has 1 amide bonds. The van der Waals surface area contributed by atoms with Crippen LogP contribution in [0.15, 0.2) is 24.3 Å². The van der Waals surface area contributed by atoms with Crippen LogP contribution in [0.1, 0.15) is 5.56 Å². The van der Waals surface area contributed by atoms with Crippen LogP contribution in [0.5, 0.6) is 5.75 Å². The van der Waals surface area contributed by atoms with Gasteiger partial charge in [0.25, 0.3) is 0 Å². The molecule has 1 unspecified atom stereocenters. The van der Waals surface area contributed by atoms with Gasteiger partial charge in [-0.1, -0.05) is 6.07 Å². The molecule has 5 nitrogen and oxygen atoms in total. The Kier molecular flexibility index (Phi) is 5.30. The lowest BCUT2D eigenvalue weighted by atomic mass is 10.2. The zero-order chi connectivity index (χ0) is 15.2. The highest BCUT2D eigenvalue weighted by Crippen LogP contribution is 2.18. The number of methoxy groups -OCH3 is 1. The zero-order valence-corrected chi connectivity index (χ0v) is 11.8. The number of nitrogens with zero attached hydrogens (tertiary/aromatic N) is 1. The molecule has 0 aliphatic carbocycles. The molecule has 1 aromatic rings. The molecule has 1 fully saturated rings. The van der Waals surface area contributed by atoms with Gasteiger partial charge in [-0.3, -0.25) is 4.79 Å². The van der Waals surface area contributed by atoms with Crippen LogP contribution >= 0.6 is 0 Å². The molecular weight excluding hydrogens is 277 g/mol. The summed E-state index contributed by atoms with van der Waals surface area (Å²) in [5, 5.41) is 9.04. The first-order valence-corrected chi connectivity index (χ1v) is 6.67. The van der Waals surface area contributed by atoms with Gasteiger partial charge in [0.15, 0.2) is 11.6 Å². The van der Waals surface area contributed by atoms with Crippen molar-refractivity contribution < 1.29 is 23.8 Å². The lowest BCUT2D eigenvalue weighted by Crippen LogP contribution is -2.46. The van der Waals surface area contributed by atoms with E-state index in [9.17, 15) is 9.18 Å². The number of aliphatic hydroxyl groups excluding tert-OH is 1. The molecule has 0 radical (unpaired) electrons. The second-order valence-electron chi connectivity index (χ2n) is 4.69. The molecule has 1 N–H and O–H groups in total. The van der Waals surface area contributed by atoms with E-state index in [1.807, 2.05) is 0 Å². The number of hydrogen-bond acceptors (Lipinski definition) is 4. The molecule has 21 heavy (non-hydrogen) atoms. The van der Waals surface area contributed by atoms with Gasteiger partial charge in [0.2, 0.25) is 5.91 Å². The first kappa shape index (κ1) is 15.5. The van der Waals surface area contributed by atoms with Crippen molar-refractivity contribution in [1.82, 2.24) is 4.90 Å². The van der Waals surface area contributed by atoms with Gasteiger partial charge < -0.3 is 19.5 Å². The fourth-order valence-corrected chi connectivity index (χ4v) is 2.09. The number of carbonyl (C=O) groups is 1. The zero-order valence-electron chi connectivity index (χ0n) is 11.8. The number of aliphatic hydroxyl groups is 1. The molecule has 1 aliphatic rings. The van der Waals surface area contributed by atoms with Crippen LogP contribution in [0.2, 0.25) is 0 Å². The molecule has 0 spiro atoms. The number of hydrogen-bond donors (Lipinski definition) is 1. The average Bonchev–Trinajstić information content (AvgIpc) is 2.52. The van der Waals surface area contributed by atoms with Gasteiger partial charge in [-0.05, 0) is 23.8 Å². The van der Waals surface area contributed by atoms with Gasteiger partial charge in [-0.15, -0.1) is 0 Å². The number of benzene rings is 1. The van der Waals surface area contributed by atoms with E-state index in [0.29, 0.717) is 25.3 Å². The van der Waals surface area contributed by atoms with Crippen molar-refractivity contribution in [1.29, 1.82) is 0 Å². The Morgan fingerprint density at radius 1 is 1.62 bits per heavy atom. The van der Waals surface area contributed by atoms with Crippen LogP contribution < -0.4 is 4.74 Å². The smallest absolute Gasteiger partial charge is 0.246 e. The number of morpholine rings is 1. The second-order valence-corrected chi connectivity index (χ2v) is 4.69. The molecule has 0 aromatic heterocycles. The van der Waals surface area contributed by atoms with Gasteiger partial charge in [0.1, 0.15) is 0 Å².